The molecule has 9 heteroatoms. The highest BCUT2D eigenvalue weighted by Crippen LogP contribution is 2.29. The summed E-state index contributed by atoms with van der Waals surface area (Å²) in [5, 5.41) is 2.18. The van der Waals surface area contributed by atoms with Crippen LogP contribution in [-0.2, 0) is 9.84 Å². The van der Waals surface area contributed by atoms with Gasteiger partial charge in [-0.2, -0.15) is 0 Å². The fourth-order valence-corrected chi connectivity index (χ4v) is 5.00. The monoisotopic (exact) mass is 464 g/mol. The molecule has 0 fully saturated rings. The smallest absolute Gasteiger partial charge is 0.252 e. The number of benzene rings is 2. The molecule has 0 aliphatic rings. The number of aromatic nitrogens is 1. The zero-order chi connectivity index (χ0) is 21.7. The Hall–Kier alpha value is -2.61. The fraction of sp³-hybridized carbons (Fsp3) is 0.143. The maximum Gasteiger partial charge on any atom is 0.252 e. The van der Waals surface area contributed by atoms with Crippen LogP contribution in [-0.4, -0.2) is 33.0 Å². The number of rotatable bonds is 7. The highest BCUT2D eigenvalue weighted by molar-refractivity contribution is 7.91. The summed E-state index contributed by atoms with van der Waals surface area (Å²) in [5.41, 5.74) is 0.656. The highest BCUT2D eigenvalue weighted by atomic mass is 35.5. The van der Waals surface area contributed by atoms with Crippen molar-refractivity contribution in [3.8, 4) is 5.75 Å². The van der Waals surface area contributed by atoms with Crippen LogP contribution in [0.4, 0.5) is 0 Å². The van der Waals surface area contributed by atoms with Crippen molar-refractivity contribution in [2.45, 2.75) is 10.1 Å². The minimum atomic E-state index is -3.84. The SMILES string of the molecule is COc1ccc(S(=O)(=O)C(CNC(=O)c2ccc(Cl)cc2Cl)c2cccnc2)cc1. The number of carbonyl (C=O) groups is 1. The zero-order valence-corrected chi connectivity index (χ0v) is 18.2. The molecule has 0 saturated carbocycles. The van der Waals surface area contributed by atoms with Crippen molar-refractivity contribution >= 4 is 38.9 Å². The van der Waals surface area contributed by atoms with Crippen LogP contribution in [0.1, 0.15) is 21.2 Å². The second-order valence-electron chi connectivity index (χ2n) is 6.33. The van der Waals surface area contributed by atoms with Crippen molar-refractivity contribution in [1.29, 1.82) is 0 Å². The van der Waals surface area contributed by atoms with E-state index in [1.165, 1.54) is 43.6 Å². The molecule has 30 heavy (non-hydrogen) atoms. The maximum absolute atomic E-state index is 13.3. The first kappa shape index (κ1) is 22.1. The molecular weight excluding hydrogens is 447 g/mol. The molecule has 1 N–H and O–H groups in total. The summed E-state index contributed by atoms with van der Waals surface area (Å²) < 4.78 is 31.8. The van der Waals surface area contributed by atoms with Gasteiger partial charge in [0.05, 0.1) is 22.6 Å². The molecule has 1 unspecified atom stereocenters. The van der Waals surface area contributed by atoms with Gasteiger partial charge in [-0.1, -0.05) is 29.3 Å². The van der Waals surface area contributed by atoms with Crippen LogP contribution in [0.15, 0.2) is 71.9 Å². The molecule has 3 rings (SSSR count). The molecule has 156 valence electrons. The lowest BCUT2D eigenvalue weighted by molar-refractivity contribution is 0.0954. The summed E-state index contributed by atoms with van der Waals surface area (Å²) in [4.78, 5) is 16.7. The highest BCUT2D eigenvalue weighted by Gasteiger charge is 2.30. The van der Waals surface area contributed by atoms with E-state index in [1.807, 2.05) is 0 Å². The third-order valence-electron chi connectivity index (χ3n) is 4.44. The minimum Gasteiger partial charge on any atom is -0.497 e. The summed E-state index contributed by atoms with van der Waals surface area (Å²) in [6, 6.07) is 13.8. The van der Waals surface area contributed by atoms with Crippen molar-refractivity contribution in [3.63, 3.8) is 0 Å². The van der Waals surface area contributed by atoms with E-state index in [4.69, 9.17) is 27.9 Å². The van der Waals surface area contributed by atoms with Gasteiger partial charge in [-0.3, -0.25) is 9.78 Å². The first-order valence-corrected chi connectivity index (χ1v) is 11.1. The van der Waals surface area contributed by atoms with Gasteiger partial charge in [-0.15, -0.1) is 0 Å². The minimum absolute atomic E-state index is 0.107. The fourth-order valence-electron chi connectivity index (χ4n) is 2.86. The average molecular weight is 465 g/mol. The lowest BCUT2D eigenvalue weighted by Crippen LogP contribution is -2.32. The van der Waals surface area contributed by atoms with E-state index in [0.29, 0.717) is 16.3 Å². The van der Waals surface area contributed by atoms with Crippen molar-refractivity contribution in [2.75, 3.05) is 13.7 Å². The predicted octanol–water partition coefficient (Wildman–Crippen LogP) is 4.34. The van der Waals surface area contributed by atoms with E-state index < -0.39 is 21.0 Å². The van der Waals surface area contributed by atoms with Gasteiger partial charge in [-0.25, -0.2) is 8.42 Å². The van der Waals surface area contributed by atoms with E-state index in [0.717, 1.165) is 0 Å². The summed E-state index contributed by atoms with van der Waals surface area (Å²) in [5.74, 6) is 0.0352. The van der Waals surface area contributed by atoms with Crippen LogP contribution >= 0.6 is 23.2 Å². The first-order chi connectivity index (χ1) is 14.3. The van der Waals surface area contributed by atoms with Crippen molar-refractivity contribution < 1.29 is 17.9 Å². The molecule has 0 aliphatic carbocycles. The molecule has 1 aromatic heterocycles. The first-order valence-electron chi connectivity index (χ1n) is 8.84. The summed E-state index contributed by atoms with van der Waals surface area (Å²) in [6.45, 7) is -0.169. The zero-order valence-electron chi connectivity index (χ0n) is 15.9. The molecular formula is C21H18Cl2N2O4S. The summed E-state index contributed by atoms with van der Waals surface area (Å²) in [6.07, 6.45) is 3.01. The Balaban J connectivity index is 1.90. The molecule has 0 saturated heterocycles. The third kappa shape index (κ3) is 4.92. The number of sulfone groups is 1. The quantitative estimate of drug-likeness (QED) is 0.561. The Bertz CT molecular complexity index is 1140. The topological polar surface area (TPSA) is 85.4 Å². The lowest BCUT2D eigenvalue weighted by Gasteiger charge is -2.19. The van der Waals surface area contributed by atoms with Crippen LogP contribution < -0.4 is 10.1 Å². The number of nitrogens with one attached hydrogen (secondary N) is 1. The molecule has 1 heterocycles. The Morgan fingerprint density at radius 2 is 1.87 bits per heavy atom. The Kier molecular flexibility index (Phi) is 6.97. The van der Waals surface area contributed by atoms with E-state index in [2.05, 4.69) is 10.3 Å². The molecule has 2 aromatic carbocycles. The van der Waals surface area contributed by atoms with E-state index in [9.17, 15) is 13.2 Å². The molecule has 6 nitrogen and oxygen atoms in total. The van der Waals surface area contributed by atoms with Gasteiger partial charge in [-0.05, 0) is 54.1 Å². The van der Waals surface area contributed by atoms with Crippen molar-refractivity contribution in [3.05, 3.63) is 88.2 Å². The molecule has 3 aromatic rings. The number of methoxy groups -OCH3 is 1. The number of nitrogens with zero attached hydrogens (tertiary/aromatic N) is 1. The van der Waals surface area contributed by atoms with Crippen LogP contribution in [0.5, 0.6) is 5.75 Å². The molecule has 1 amide bonds. The van der Waals surface area contributed by atoms with Crippen LogP contribution in [0.2, 0.25) is 10.0 Å². The van der Waals surface area contributed by atoms with Crippen molar-refractivity contribution in [2.24, 2.45) is 0 Å². The summed E-state index contributed by atoms with van der Waals surface area (Å²) >= 11 is 12.0. The van der Waals surface area contributed by atoms with Gasteiger partial charge in [0.25, 0.3) is 5.91 Å². The molecule has 0 bridgehead atoms. The average Bonchev–Trinajstić information content (AvgIpc) is 2.74. The Morgan fingerprint density at radius 3 is 2.47 bits per heavy atom. The standard InChI is InChI=1S/C21H18Cl2N2O4S/c1-29-16-5-7-17(8-6-16)30(27,28)20(14-3-2-10-24-12-14)13-25-21(26)18-9-4-15(22)11-19(18)23/h2-12,20H,13H2,1H3,(H,25,26). The van der Waals surface area contributed by atoms with Gasteiger partial charge < -0.3 is 10.1 Å². The number of halogens is 2. The van der Waals surface area contributed by atoms with Gasteiger partial charge in [0.15, 0.2) is 9.84 Å². The molecule has 1 atom stereocenters. The normalized spacial score (nSPS) is 12.2. The number of hydrogen-bond acceptors (Lipinski definition) is 5. The largest absolute Gasteiger partial charge is 0.497 e. The number of amides is 1. The second-order valence-corrected chi connectivity index (χ2v) is 9.30. The van der Waals surface area contributed by atoms with E-state index in [1.54, 1.807) is 30.5 Å². The van der Waals surface area contributed by atoms with Crippen LogP contribution in [0.3, 0.4) is 0 Å². The van der Waals surface area contributed by atoms with Crippen molar-refractivity contribution in [1.82, 2.24) is 10.3 Å². The number of ether oxygens (including phenoxy) is 1. The van der Waals surface area contributed by atoms with Crippen LogP contribution in [0.25, 0.3) is 0 Å². The van der Waals surface area contributed by atoms with E-state index >= 15 is 0 Å². The van der Waals surface area contributed by atoms with Gasteiger partial charge in [0.1, 0.15) is 11.0 Å². The van der Waals surface area contributed by atoms with E-state index in [-0.39, 0.29) is 22.0 Å². The van der Waals surface area contributed by atoms with Gasteiger partial charge in [0.2, 0.25) is 0 Å². The Labute approximate surface area is 184 Å². The molecule has 0 radical (unpaired) electrons. The predicted molar refractivity (Wildman–Crippen MR) is 116 cm³/mol. The van der Waals surface area contributed by atoms with Crippen LogP contribution in [0, 0.1) is 0 Å². The van der Waals surface area contributed by atoms with Gasteiger partial charge >= 0.3 is 0 Å². The number of pyridine rings is 1. The number of carbonyl (C=O) groups excluding carboxylic acids is 1. The summed E-state index contributed by atoms with van der Waals surface area (Å²) in [7, 11) is -2.34. The number of hydrogen-bond donors (Lipinski definition) is 1. The second kappa shape index (κ2) is 9.47. The van der Waals surface area contributed by atoms with Gasteiger partial charge in [0, 0.05) is 24.0 Å². The molecule has 0 spiro atoms. The lowest BCUT2D eigenvalue weighted by atomic mass is 10.2. The maximum atomic E-state index is 13.3. The Morgan fingerprint density at radius 1 is 1.13 bits per heavy atom. The third-order valence-corrected chi connectivity index (χ3v) is 7.11. The molecule has 0 aliphatic heterocycles.